The molecule has 0 aliphatic heterocycles. The van der Waals surface area contributed by atoms with Gasteiger partial charge in [0.1, 0.15) is 11.5 Å². The number of likely N-dealkylation sites (N-methyl/N-ethyl adjacent to an activating group) is 1. The number of amides is 1. The van der Waals surface area contributed by atoms with E-state index >= 15 is 0 Å². The summed E-state index contributed by atoms with van der Waals surface area (Å²) in [6, 6.07) is 3.37. The van der Waals surface area contributed by atoms with Crippen LogP contribution in [0.1, 0.15) is 37.2 Å². The fourth-order valence-electron chi connectivity index (χ4n) is 3.00. The molecule has 2 rings (SSSR count). The molecule has 0 bridgehead atoms. The molecule has 0 radical (unpaired) electrons. The molecular weight excluding hydrogens is 302 g/mol. The Kier molecular flexibility index (Phi) is 5.11. The quantitative estimate of drug-likeness (QED) is 0.797. The summed E-state index contributed by atoms with van der Waals surface area (Å²) in [7, 11) is -1.48. The molecule has 0 aromatic carbocycles. The second-order valence-corrected chi connectivity index (χ2v) is 8.22. The predicted octanol–water partition coefficient (Wildman–Crippen LogP) is 2.42. The van der Waals surface area contributed by atoms with Crippen LogP contribution >= 0.6 is 0 Å². The van der Waals surface area contributed by atoms with Crippen molar-refractivity contribution in [2.75, 3.05) is 13.3 Å². The van der Waals surface area contributed by atoms with Gasteiger partial charge in [-0.3, -0.25) is 4.79 Å². The second kappa shape index (κ2) is 6.69. The van der Waals surface area contributed by atoms with Crippen molar-refractivity contribution in [2.45, 2.75) is 43.9 Å². The molecule has 0 spiro atoms. The molecule has 1 aromatic heterocycles. The van der Waals surface area contributed by atoms with Gasteiger partial charge in [0.25, 0.3) is 0 Å². The Morgan fingerprint density at radius 2 is 2.00 bits per heavy atom. The summed E-state index contributed by atoms with van der Waals surface area (Å²) in [5.74, 6) is 1.20. The minimum absolute atomic E-state index is 0.199. The zero-order chi connectivity index (χ0) is 16.3. The minimum Gasteiger partial charge on any atom is -0.462 e. The molecule has 1 amide bonds. The number of hydrogen-bond acceptors (Lipinski definition) is 4. The van der Waals surface area contributed by atoms with E-state index in [0.717, 1.165) is 25.0 Å². The highest BCUT2D eigenvalue weighted by Crippen LogP contribution is 2.27. The molecule has 1 fully saturated rings. The van der Waals surface area contributed by atoms with Crippen molar-refractivity contribution in [1.29, 1.82) is 0 Å². The van der Waals surface area contributed by atoms with Gasteiger partial charge in [-0.25, -0.2) is 8.42 Å². The maximum atomic E-state index is 12.3. The summed E-state index contributed by atoms with van der Waals surface area (Å²) < 4.78 is 29.3. The molecule has 1 aromatic rings. The molecule has 5 nitrogen and oxygen atoms in total. The Balaban J connectivity index is 2.09. The lowest BCUT2D eigenvalue weighted by Crippen LogP contribution is -2.48. The van der Waals surface area contributed by atoms with Crippen molar-refractivity contribution in [2.24, 2.45) is 0 Å². The number of rotatable bonds is 4. The highest BCUT2D eigenvalue weighted by Gasteiger charge is 2.36. The average Bonchev–Trinajstić information content (AvgIpc) is 2.88. The molecular formula is C16H23NO4S. The van der Waals surface area contributed by atoms with Crippen molar-refractivity contribution >= 4 is 21.8 Å². The van der Waals surface area contributed by atoms with Crippen LogP contribution in [-0.2, 0) is 14.6 Å². The van der Waals surface area contributed by atoms with E-state index in [0.29, 0.717) is 12.2 Å². The summed E-state index contributed by atoms with van der Waals surface area (Å²) in [6.07, 6.45) is 7.52. The Hall–Kier alpha value is -1.56. The Morgan fingerprint density at radius 1 is 1.32 bits per heavy atom. The first kappa shape index (κ1) is 16.8. The fourth-order valence-corrected chi connectivity index (χ4v) is 4.48. The highest BCUT2D eigenvalue weighted by molar-refractivity contribution is 7.91. The largest absolute Gasteiger partial charge is 0.462 e. The Bertz CT molecular complexity index is 659. The summed E-state index contributed by atoms with van der Waals surface area (Å²) >= 11 is 0. The van der Waals surface area contributed by atoms with Gasteiger partial charge in [0.15, 0.2) is 9.84 Å². The summed E-state index contributed by atoms with van der Waals surface area (Å²) in [5, 5.41) is -0.463. The SMILES string of the molecule is Cc1ccc(/C=C\C(=O)N(C)[C@H]2CCCC[C@@H]2S(C)(=O)=O)o1. The molecule has 1 saturated carbocycles. The van der Waals surface area contributed by atoms with E-state index in [2.05, 4.69) is 0 Å². The van der Waals surface area contributed by atoms with Gasteiger partial charge in [0.2, 0.25) is 5.91 Å². The van der Waals surface area contributed by atoms with Crippen molar-refractivity contribution in [3.8, 4) is 0 Å². The fraction of sp³-hybridized carbons (Fsp3) is 0.562. The average molecular weight is 325 g/mol. The molecule has 1 aliphatic rings. The van der Waals surface area contributed by atoms with E-state index in [1.807, 2.05) is 13.0 Å². The summed E-state index contributed by atoms with van der Waals surface area (Å²) in [5.41, 5.74) is 0. The van der Waals surface area contributed by atoms with E-state index in [1.165, 1.54) is 12.3 Å². The number of sulfone groups is 1. The number of nitrogens with zero attached hydrogens (tertiary/aromatic N) is 1. The van der Waals surface area contributed by atoms with Crippen molar-refractivity contribution in [3.63, 3.8) is 0 Å². The summed E-state index contributed by atoms with van der Waals surface area (Å²) in [6.45, 7) is 1.84. The molecule has 0 saturated heterocycles. The Labute approximate surface area is 131 Å². The molecule has 2 atom stereocenters. The molecule has 0 unspecified atom stereocenters. The van der Waals surface area contributed by atoms with E-state index in [9.17, 15) is 13.2 Å². The normalized spacial score (nSPS) is 22.9. The van der Waals surface area contributed by atoms with Gasteiger partial charge in [0.05, 0.1) is 5.25 Å². The van der Waals surface area contributed by atoms with Crippen LogP contribution < -0.4 is 0 Å². The maximum Gasteiger partial charge on any atom is 0.246 e. The zero-order valence-electron chi connectivity index (χ0n) is 13.3. The van der Waals surface area contributed by atoms with Crippen LogP contribution in [-0.4, -0.2) is 43.8 Å². The number of furan rings is 1. The first-order valence-corrected chi connectivity index (χ1v) is 9.44. The first-order chi connectivity index (χ1) is 10.3. The molecule has 6 heteroatoms. The van der Waals surface area contributed by atoms with E-state index in [-0.39, 0.29) is 11.9 Å². The number of aryl methyl sites for hydroxylation is 1. The Morgan fingerprint density at radius 3 is 2.59 bits per heavy atom. The lowest BCUT2D eigenvalue weighted by molar-refractivity contribution is -0.127. The first-order valence-electron chi connectivity index (χ1n) is 7.49. The monoisotopic (exact) mass is 325 g/mol. The van der Waals surface area contributed by atoms with Crippen LogP contribution in [0.2, 0.25) is 0 Å². The van der Waals surface area contributed by atoms with Crippen molar-refractivity contribution < 1.29 is 17.6 Å². The van der Waals surface area contributed by atoms with Crippen LogP contribution in [0, 0.1) is 6.92 Å². The van der Waals surface area contributed by atoms with Gasteiger partial charge in [-0.15, -0.1) is 0 Å². The van der Waals surface area contributed by atoms with E-state index in [4.69, 9.17) is 4.42 Å². The lowest BCUT2D eigenvalue weighted by Gasteiger charge is -2.36. The van der Waals surface area contributed by atoms with Crippen LogP contribution in [0.25, 0.3) is 6.08 Å². The van der Waals surface area contributed by atoms with Gasteiger partial charge in [-0.05, 0) is 38.0 Å². The van der Waals surface area contributed by atoms with E-state index < -0.39 is 15.1 Å². The molecule has 1 heterocycles. The number of hydrogen-bond donors (Lipinski definition) is 0. The van der Waals surface area contributed by atoms with E-state index in [1.54, 1.807) is 24.1 Å². The molecule has 22 heavy (non-hydrogen) atoms. The van der Waals surface area contributed by atoms with Crippen molar-refractivity contribution in [3.05, 3.63) is 29.7 Å². The summed E-state index contributed by atoms with van der Waals surface area (Å²) in [4.78, 5) is 13.9. The minimum atomic E-state index is -3.15. The van der Waals surface area contributed by atoms with Gasteiger partial charge < -0.3 is 9.32 Å². The van der Waals surface area contributed by atoms with Crippen LogP contribution in [0.5, 0.6) is 0 Å². The number of carbonyl (C=O) groups excluding carboxylic acids is 1. The molecule has 0 N–H and O–H groups in total. The van der Waals surface area contributed by atoms with Crippen molar-refractivity contribution in [1.82, 2.24) is 4.90 Å². The highest BCUT2D eigenvalue weighted by atomic mass is 32.2. The van der Waals surface area contributed by atoms with Gasteiger partial charge >= 0.3 is 0 Å². The predicted molar refractivity (Wildman–Crippen MR) is 86.1 cm³/mol. The standard InChI is InChI=1S/C16H23NO4S/c1-12-8-9-13(21-12)10-11-16(18)17(2)14-6-4-5-7-15(14)22(3,19)20/h8-11,14-15H,4-7H2,1-3H3/b11-10-/t14-,15-/m0/s1. The van der Waals surface area contributed by atoms with Gasteiger partial charge in [-0.2, -0.15) is 0 Å². The maximum absolute atomic E-state index is 12.3. The van der Waals surface area contributed by atoms with Gasteiger partial charge in [-0.1, -0.05) is 12.8 Å². The van der Waals surface area contributed by atoms with Gasteiger partial charge in [0, 0.05) is 25.4 Å². The zero-order valence-corrected chi connectivity index (χ0v) is 14.1. The molecule has 122 valence electrons. The smallest absolute Gasteiger partial charge is 0.246 e. The lowest BCUT2D eigenvalue weighted by atomic mass is 9.94. The topological polar surface area (TPSA) is 67.6 Å². The third kappa shape index (κ3) is 4.00. The number of carbonyl (C=O) groups is 1. The third-order valence-electron chi connectivity index (χ3n) is 4.21. The third-order valence-corrected chi connectivity index (χ3v) is 5.86. The van der Waals surface area contributed by atoms with Crippen LogP contribution in [0.15, 0.2) is 22.6 Å². The van der Waals surface area contributed by atoms with Crippen LogP contribution in [0.3, 0.4) is 0 Å². The molecule has 1 aliphatic carbocycles. The second-order valence-electron chi connectivity index (χ2n) is 5.95. The van der Waals surface area contributed by atoms with Crippen LogP contribution in [0.4, 0.5) is 0 Å².